The summed E-state index contributed by atoms with van der Waals surface area (Å²) >= 11 is 0. The number of aromatic nitrogens is 8. The van der Waals surface area contributed by atoms with Crippen molar-refractivity contribution in [1.82, 2.24) is 39.9 Å². The van der Waals surface area contributed by atoms with Crippen LogP contribution in [0.15, 0.2) is 24.8 Å². The first-order valence-corrected chi connectivity index (χ1v) is 15.3. The summed E-state index contributed by atoms with van der Waals surface area (Å²) in [5.74, 6) is 3.17. The van der Waals surface area contributed by atoms with E-state index in [9.17, 15) is 9.90 Å². The zero-order valence-corrected chi connectivity index (χ0v) is 30.1. The van der Waals surface area contributed by atoms with Gasteiger partial charge in [0.25, 0.3) is 0 Å². The summed E-state index contributed by atoms with van der Waals surface area (Å²) in [5, 5.41) is 10.3. The van der Waals surface area contributed by atoms with Crippen molar-refractivity contribution in [2.24, 2.45) is 5.92 Å². The number of hydrogen-bond donors (Lipinski definition) is 4. The molecule has 0 amide bonds. The number of aromatic amines is 4. The minimum absolute atomic E-state index is 0. The molecule has 0 spiro atoms. The van der Waals surface area contributed by atoms with Crippen molar-refractivity contribution in [3.8, 4) is 0 Å². The van der Waals surface area contributed by atoms with Gasteiger partial charge >= 0.3 is 22.4 Å². The molecule has 10 nitrogen and oxygen atoms in total. The van der Waals surface area contributed by atoms with Gasteiger partial charge in [0.1, 0.15) is 23.3 Å². The molecule has 0 saturated carbocycles. The van der Waals surface area contributed by atoms with E-state index in [1.807, 2.05) is 59.4 Å². The van der Waals surface area contributed by atoms with E-state index >= 15 is 0 Å². The fourth-order valence-corrected chi connectivity index (χ4v) is 3.53. The smallest absolute Gasteiger partial charge is 0.550 e. The van der Waals surface area contributed by atoms with Crippen LogP contribution in [0.1, 0.15) is 113 Å². The van der Waals surface area contributed by atoms with E-state index in [0.29, 0.717) is 6.42 Å². The van der Waals surface area contributed by atoms with Crippen molar-refractivity contribution < 1.29 is 32.3 Å². The van der Waals surface area contributed by atoms with Gasteiger partial charge in [0.15, 0.2) is 0 Å². The molecule has 0 aliphatic carbocycles. The topological polar surface area (TPSA) is 155 Å². The quantitative estimate of drug-likeness (QED) is 0.151. The SMILES string of the molecule is CCCCC(CC)C(=O)[O-].CCc1ncc(C)[nH]1.CCc1ncc(C)[nH]1.CCc1ncc(C)[nH]1.CCc1ncc(C)[nH]1.[Au+3]. The Morgan fingerprint density at radius 3 is 1.02 bits per heavy atom. The van der Waals surface area contributed by atoms with Gasteiger partial charge in [-0.1, -0.05) is 54.4 Å². The minimum atomic E-state index is -0.893. The van der Waals surface area contributed by atoms with Crippen LogP contribution < -0.4 is 5.11 Å². The van der Waals surface area contributed by atoms with Crippen molar-refractivity contribution in [2.45, 2.75) is 121 Å². The number of unbranched alkanes of at least 4 members (excludes halogenated alkanes) is 1. The number of carbonyl (C=O) groups is 1. The van der Waals surface area contributed by atoms with E-state index in [4.69, 9.17) is 0 Å². The summed E-state index contributed by atoms with van der Waals surface area (Å²) in [6.07, 6.45) is 14.9. The summed E-state index contributed by atoms with van der Waals surface area (Å²) in [6, 6.07) is 0. The molecule has 4 aromatic heterocycles. The molecule has 244 valence electrons. The molecule has 43 heavy (non-hydrogen) atoms. The third-order valence-electron chi connectivity index (χ3n) is 6.09. The van der Waals surface area contributed by atoms with E-state index in [-0.39, 0.29) is 28.3 Å². The van der Waals surface area contributed by atoms with Crippen molar-refractivity contribution in [2.75, 3.05) is 0 Å². The molecule has 4 rings (SSSR count). The first kappa shape index (κ1) is 42.2. The number of carbonyl (C=O) groups excluding carboxylic acids is 1. The van der Waals surface area contributed by atoms with Crippen LogP contribution in [0, 0.1) is 33.6 Å². The molecule has 0 fully saturated rings. The number of nitrogens with zero attached hydrogens (tertiary/aromatic N) is 4. The van der Waals surface area contributed by atoms with E-state index in [1.54, 1.807) is 0 Å². The molecule has 1 unspecified atom stereocenters. The molecule has 0 radical (unpaired) electrons. The molecule has 0 aliphatic heterocycles. The second-order valence-corrected chi connectivity index (χ2v) is 10.0. The molecular weight excluding hydrogens is 725 g/mol. The molecule has 0 aliphatic rings. The second kappa shape index (κ2) is 25.5. The predicted molar refractivity (Wildman–Crippen MR) is 169 cm³/mol. The van der Waals surface area contributed by atoms with Crippen LogP contribution in [0.4, 0.5) is 0 Å². The van der Waals surface area contributed by atoms with Gasteiger partial charge in [0.2, 0.25) is 0 Å². The average Bonchev–Trinajstić information content (AvgIpc) is 3.79. The number of hydrogen-bond acceptors (Lipinski definition) is 6. The number of carboxylic acids is 1. The van der Waals surface area contributed by atoms with Crippen LogP contribution in [0.25, 0.3) is 0 Å². The van der Waals surface area contributed by atoms with Gasteiger partial charge in [0.05, 0.1) is 0 Å². The zero-order chi connectivity index (χ0) is 31.9. The first-order valence-electron chi connectivity index (χ1n) is 15.3. The van der Waals surface area contributed by atoms with Gasteiger partial charge in [-0.05, 0) is 46.5 Å². The van der Waals surface area contributed by atoms with Crippen LogP contribution in [-0.2, 0) is 52.9 Å². The summed E-state index contributed by atoms with van der Waals surface area (Å²) < 4.78 is 0. The normalized spacial score (nSPS) is 10.3. The van der Waals surface area contributed by atoms with Crippen LogP contribution >= 0.6 is 0 Å². The average molecular weight is 781 g/mol. The third kappa shape index (κ3) is 20.6. The van der Waals surface area contributed by atoms with Gasteiger partial charge in [-0.15, -0.1) is 0 Å². The predicted octanol–water partition coefficient (Wildman–Crippen LogP) is 6.07. The fourth-order valence-electron chi connectivity index (χ4n) is 3.53. The number of aliphatic carboxylic acids is 1. The fraction of sp³-hybridized carbons (Fsp3) is 0.594. The Balaban J connectivity index is 0. The largest absolute Gasteiger partial charge is 3.00 e. The minimum Gasteiger partial charge on any atom is -0.550 e. The molecule has 0 aromatic carbocycles. The van der Waals surface area contributed by atoms with Crippen LogP contribution in [-0.4, -0.2) is 45.8 Å². The summed E-state index contributed by atoms with van der Waals surface area (Å²) in [7, 11) is 0. The van der Waals surface area contributed by atoms with E-state index < -0.39 is 5.97 Å². The Labute approximate surface area is 274 Å². The van der Waals surface area contributed by atoms with Crippen LogP contribution in [0.5, 0.6) is 0 Å². The van der Waals surface area contributed by atoms with Crippen molar-refractivity contribution in [3.05, 3.63) is 70.9 Å². The van der Waals surface area contributed by atoms with E-state index in [0.717, 1.165) is 91.0 Å². The molecule has 4 N–H and O–H groups in total. The zero-order valence-electron chi connectivity index (χ0n) is 28.0. The number of rotatable bonds is 9. The van der Waals surface area contributed by atoms with Crippen LogP contribution in [0.3, 0.4) is 0 Å². The molecule has 0 saturated heterocycles. The van der Waals surface area contributed by atoms with Gasteiger partial charge in [-0.3, -0.25) is 0 Å². The second-order valence-electron chi connectivity index (χ2n) is 10.0. The molecule has 1 atom stereocenters. The summed E-state index contributed by atoms with van der Waals surface area (Å²) in [4.78, 5) is 39.1. The maximum absolute atomic E-state index is 10.3. The number of imidazole rings is 4. The van der Waals surface area contributed by atoms with E-state index in [1.165, 1.54) is 0 Å². The first-order chi connectivity index (χ1) is 20.0. The van der Waals surface area contributed by atoms with Gasteiger partial charge in [0, 0.05) is 79.2 Å². The monoisotopic (exact) mass is 780 g/mol. The Hall–Kier alpha value is -2.95. The molecule has 4 aromatic rings. The van der Waals surface area contributed by atoms with Gasteiger partial charge < -0.3 is 29.8 Å². The molecule has 4 heterocycles. The van der Waals surface area contributed by atoms with Crippen LogP contribution in [0.2, 0.25) is 0 Å². The Morgan fingerprint density at radius 1 is 0.628 bits per heavy atom. The number of carboxylic acid groups (broad SMARTS) is 1. The number of H-pyrrole nitrogens is 4. The third-order valence-corrected chi connectivity index (χ3v) is 6.09. The Kier molecular flexibility index (Phi) is 25.1. The Morgan fingerprint density at radius 2 is 0.907 bits per heavy atom. The number of aryl methyl sites for hydroxylation is 8. The van der Waals surface area contributed by atoms with Crippen molar-refractivity contribution >= 4 is 5.97 Å². The van der Waals surface area contributed by atoms with Gasteiger partial charge in [-0.2, -0.15) is 0 Å². The Bertz CT molecular complexity index is 1050. The molecular formula is C32H55AuN8O2+2. The van der Waals surface area contributed by atoms with E-state index in [2.05, 4.69) is 74.5 Å². The van der Waals surface area contributed by atoms with Crippen molar-refractivity contribution in [1.29, 1.82) is 0 Å². The molecule has 11 heteroatoms. The summed E-state index contributed by atoms with van der Waals surface area (Å²) in [6.45, 7) is 20.3. The van der Waals surface area contributed by atoms with Crippen molar-refractivity contribution in [3.63, 3.8) is 0 Å². The standard InChI is InChI=1S/C8H16O2.4C6H10N2.Au/c1-3-5-6-7(4-2)8(9)10;4*1-3-6-7-4-5(2)8-6;/h7H,3-6H2,1-2H3,(H,9,10);4*4H,3H2,1-2H3,(H,7,8);/q;;;;;+3/p-1. The number of nitrogens with one attached hydrogen (secondary N) is 4. The maximum atomic E-state index is 10.3. The summed E-state index contributed by atoms with van der Waals surface area (Å²) in [5.41, 5.74) is 4.56. The maximum Gasteiger partial charge on any atom is 3.00 e. The molecule has 0 bridgehead atoms. The van der Waals surface area contributed by atoms with Gasteiger partial charge in [-0.25, -0.2) is 19.9 Å².